The Labute approximate surface area is 96.3 Å². The molecule has 0 aliphatic carbocycles. The van der Waals surface area contributed by atoms with Crippen molar-refractivity contribution in [2.45, 2.75) is 26.2 Å². The van der Waals surface area contributed by atoms with E-state index in [1.807, 2.05) is 12.4 Å². The topological polar surface area (TPSA) is 49.2 Å². The highest BCUT2D eigenvalue weighted by molar-refractivity contribution is 5.31. The molecule has 1 unspecified atom stereocenters. The van der Waals surface area contributed by atoms with Gasteiger partial charge in [-0.3, -0.25) is 0 Å². The number of nitrogens with zero attached hydrogens (tertiary/aromatic N) is 3. The van der Waals surface area contributed by atoms with Crippen molar-refractivity contribution in [3.05, 3.63) is 18.0 Å². The van der Waals surface area contributed by atoms with Gasteiger partial charge in [0.05, 0.1) is 0 Å². The first-order valence-electron chi connectivity index (χ1n) is 6.00. The Bertz CT molecular complexity index is 326. The molecule has 1 saturated heterocycles. The van der Waals surface area contributed by atoms with Crippen molar-refractivity contribution >= 4 is 5.95 Å². The maximum Gasteiger partial charge on any atom is 0.225 e. The summed E-state index contributed by atoms with van der Waals surface area (Å²) in [6.07, 6.45) is 7.03. The lowest BCUT2D eigenvalue weighted by Gasteiger charge is -2.15. The first-order chi connectivity index (χ1) is 7.83. The Kier molecular flexibility index (Phi) is 3.72. The van der Waals surface area contributed by atoms with Crippen LogP contribution in [-0.4, -0.2) is 34.8 Å². The molecule has 0 amide bonds. The number of aromatic nitrogens is 2. The molecule has 0 bridgehead atoms. The van der Waals surface area contributed by atoms with Crippen LogP contribution in [0.4, 0.5) is 5.95 Å². The lowest BCUT2D eigenvalue weighted by molar-refractivity contribution is 0.238. The van der Waals surface area contributed by atoms with Crippen LogP contribution in [0.2, 0.25) is 0 Å². The molecule has 1 aromatic rings. The number of aliphatic hydroxyl groups excluding tert-OH is 1. The van der Waals surface area contributed by atoms with E-state index in [1.54, 1.807) is 0 Å². The van der Waals surface area contributed by atoms with E-state index in [0.29, 0.717) is 5.92 Å². The van der Waals surface area contributed by atoms with Gasteiger partial charge in [-0.25, -0.2) is 9.97 Å². The molecule has 0 spiro atoms. The van der Waals surface area contributed by atoms with E-state index in [0.717, 1.165) is 38.3 Å². The fourth-order valence-electron chi connectivity index (χ4n) is 2.09. The van der Waals surface area contributed by atoms with Crippen LogP contribution in [0.1, 0.15) is 25.3 Å². The third-order valence-electron chi connectivity index (χ3n) is 3.06. The molecule has 0 aromatic carbocycles. The molecule has 4 heteroatoms. The molecule has 4 nitrogen and oxygen atoms in total. The summed E-state index contributed by atoms with van der Waals surface area (Å²) in [5.74, 6) is 1.19. The second-order valence-corrected chi connectivity index (χ2v) is 4.42. The van der Waals surface area contributed by atoms with Crippen molar-refractivity contribution in [3.8, 4) is 0 Å². The maximum atomic E-state index is 9.08. The van der Waals surface area contributed by atoms with Gasteiger partial charge < -0.3 is 10.0 Å². The van der Waals surface area contributed by atoms with E-state index in [2.05, 4.69) is 21.8 Å². The molecular formula is C12H19N3O. The van der Waals surface area contributed by atoms with Crippen LogP contribution in [0, 0.1) is 5.92 Å². The highest BCUT2D eigenvalue weighted by Crippen LogP contribution is 2.19. The van der Waals surface area contributed by atoms with Crippen molar-refractivity contribution in [2.75, 3.05) is 24.6 Å². The predicted octanol–water partition coefficient (Wildman–Crippen LogP) is 1.25. The number of aryl methyl sites for hydroxylation is 1. The van der Waals surface area contributed by atoms with E-state index in [-0.39, 0.29) is 6.61 Å². The molecule has 1 aliphatic heterocycles. The van der Waals surface area contributed by atoms with Gasteiger partial charge in [0.1, 0.15) is 0 Å². The molecule has 2 heterocycles. The molecular weight excluding hydrogens is 202 g/mol. The lowest BCUT2D eigenvalue weighted by Crippen LogP contribution is -2.22. The number of anilines is 1. The van der Waals surface area contributed by atoms with Gasteiger partial charge in [-0.05, 0) is 18.4 Å². The third-order valence-corrected chi connectivity index (χ3v) is 3.06. The van der Waals surface area contributed by atoms with E-state index in [4.69, 9.17) is 5.11 Å². The van der Waals surface area contributed by atoms with Gasteiger partial charge in [0.15, 0.2) is 0 Å². The molecule has 0 saturated carbocycles. The Hall–Kier alpha value is -1.16. The van der Waals surface area contributed by atoms with Crippen LogP contribution >= 0.6 is 0 Å². The summed E-state index contributed by atoms with van der Waals surface area (Å²) < 4.78 is 0. The molecule has 1 N–H and O–H groups in total. The standard InChI is InChI=1S/C12H19N3O/c1-2-3-10-6-13-12(14-7-10)15-5-4-11(8-15)9-16/h6-7,11,16H,2-5,8-9H2,1H3. The zero-order valence-electron chi connectivity index (χ0n) is 9.76. The molecule has 0 radical (unpaired) electrons. The predicted molar refractivity (Wildman–Crippen MR) is 63.4 cm³/mol. The Balaban J connectivity index is 1.99. The monoisotopic (exact) mass is 221 g/mol. The summed E-state index contributed by atoms with van der Waals surface area (Å²) in [7, 11) is 0. The summed E-state index contributed by atoms with van der Waals surface area (Å²) in [4.78, 5) is 10.9. The van der Waals surface area contributed by atoms with Gasteiger partial charge in [-0.1, -0.05) is 13.3 Å². The minimum atomic E-state index is 0.268. The number of rotatable bonds is 4. The van der Waals surface area contributed by atoms with Crippen LogP contribution in [-0.2, 0) is 6.42 Å². The summed E-state index contributed by atoms with van der Waals surface area (Å²) in [6, 6.07) is 0. The normalized spacial score (nSPS) is 20.4. The molecule has 1 fully saturated rings. The highest BCUT2D eigenvalue weighted by atomic mass is 16.3. The molecule has 16 heavy (non-hydrogen) atoms. The summed E-state index contributed by atoms with van der Waals surface area (Å²) in [6.45, 7) is 4.26. The maximum absolute atomic E-state index is 9.08. The van der Waals surface area contributed by atoms with Crippen LogP contribution in [0.25, 0.3) is 0 Å². The average Bonchev–Trinajstić information content (AvgIpc) is 2.79. The summed E-state index contributed by atoms with van der Waals surface area (Å²) in [5, 5.41) is 9.08. The molecule has 88 valence electrons. The number of aliphatic hydroxyl groups is 1. The van der Waals surface area contributed by atoms with Crippen LogP contribution in [0.5, 0.6) is 0 Å². The largest absolute Gasteiger partial charge is 0.396 e. The van der Waals surface area contributed by atoms with Gasteiger partial charge in [0.2, 0.25) is 5.95 Å². The van der Waals surface area contributed by atoms with Crippen molar-refractivity contribution in [1.82, 2.24) is 9.97 Å². The van der Waals surface area contributed by atoms with E-state index in [1.165, 1.54) is 5.56 Å². The van der Waals surface area contributed by atoms with Crippen LogP contribution < -0.4 is 4.90 Å². The van der Waals surface area contributed by atoms with Crippen LogP contribution in [0.3, 0.4) is 0 Å². The lowest BCUT2D eigenvalue weighted by atomic mass is 10.1. The van der Waals surface area contributed by atoms with Crippen molar-refractivity contribution in [3.63, 3.8) is 0 Å². The number of hydrogen-bond acceptors (Lipinski definition) is 4. The Morgan fingerprint density at radius 3 is 2.75 bits per heavy atom. The van der Waals surface area contributed by atoms with Crippen molar-refractivity contribution in [1.29, 1.82) is 0 Å². The van der Waals surface area contributed by atoms with Gasteiger partial charge in [-0.15, -0.1) is 0 Å². The fraction of sp³-hybridized carbons (Fsp3) is 0.667. The fourth-order valence-corrected chi connectivity index (χ4v) is 2.09. The SMILES string of the molecule is CCCc1cnc(N2CCC(CO)C2)nc1. The Morgan fingerprint density at radius 2 is 2.19 bits per heavy atom. The van der Waals surface area contributed by atoms with Gasteiger partial charge in [0, 0.05) is 38.0 Å². The second-order valence-electron chi connectivity index (χ2n) is 4.42. The molecule has 1 atom stereocenters. The van der Waals surface area contributed by atoms with Crippen LogP contribution in [0.15, 0.2) is 12.4 Å². The summed E-state index contributed by atoms with van der Waals surface area (Å²) >= 11 is 0. The zero-order valence-corrected chi connectivity index (χ0v) is 9.76. The minimum Gasteiger partial charge on any atom is -0.396 e. The molecule has 1 aliphatic rings. The number of hydrogen-bond donors (Lipinski definition) is 1. The quantitative estimate of drug-likeness (QED) is 0.831. The van der Waals surface area contributed by atoms with Crippen molar-refractivity contribution < 1.29 is 5.11 Å². The van der Waals surface area contributed by atoms with E-state index >= 15 is 0 Å². The average molecular weight is 221 g/mol. The second kappa shape index (κ2) is 5.25. The van der Waals surface area contributed by atoms with Crippen molar-refractivity contribution in [2.24, 2.45) is 5.92 Å². The van der Waals surface area contributed by atoms with E-state index in [9.17, 15) is 0 Å². The first kappa shape index (κ1) is 11.3. The highest BCUT2D eigenvalue weighted by Gasteiger charge is 2.23. The minimum absolute atomic E-state index is 0.268. The van der Waals surface area contributed by atoms with Gasteiger partial charge >= 0.3 is 0 Å². The molecule has 2 rings (SSSR count). The van der Waals surface area contributed by atoms with E-state index < -0.39 is 0 Å². The van der Waals surface area contributed by atoms with Gasteiger partial charge in [0.25, 0.3) is 0 Å². The smallest absolute Gasteiger partial charge is 0.225 e. The zero-order chi connectivity index (χ0) is 11.4. The molecule has 1 aromatic heterocycles. The van der Waals surface area contributed by atoms with Gasteiger partial charge in [-0.2, -0.15) is 0 Å². The Morgan fingerprint density at radius 1 is 1.44 bits per heavy atom. The summed E-state index contributed by atoms with van der Waals surface area (Å²) in [5.41, 5.74) is 1.20. The first-order valence-corrected chi connectivity index (χ1v) is 6.00. The third kappa shape index (κ3) is 2.50.